The second kappa shape index (κ2) is 6.51. The van der Waals surface area contributed by atoms with Crippen molar-refractivity contribution >= 4 is 27.5 Å². The van der Waals surface area contributed by atoms with Crippen LogP contribution in [0.15, 0.2) is 28.7 Å². The Morgan fingerprint density at radius 3 is 2.76 bits per heavy atom. The van der Waals surface area contributed by atoms with Crippen LogP contribution in [0.3, 0.4) is 0 Å². The monoisotopic (exact) mass is 368 g/mol. The van der Waals surface area contributed by atoms with Gasteiger partial charge in [0.2, 0.25) is 0 Å². The highest BCUT2D eigenvalue weighted by Gasteiger charge is 2.25. The maximum Gasteiger partial charge on any atom is 0.133 e. The Bertz CT molecular complexity index is 635. The average molecular weight is 370 g/mol. The molecule has 0 atom stereocenters. The lowest BCUT2D eigenvalue weighted by molar-refractivity contribution is 0.280. The summed E-state index contributed by atoms with van der Waals surface area (Å²) in [7, 11) is 0. The Hall–Kier alpha value is -0.840. The summed E-state index contributed by atoms with van der Waals surface area (Å²) in [6.45, 7) is 0.584. The number of rotatable bonds is 4. The summed E-state index contributed by atoms with van der Waals surface area (Å²) < 4.78 is 2.85. The van der Waals surface area contributed by atoms with Gasteiger partial charge >= 0.3 is 0 Å². The van der Waals surface area contributed by atoms with Crippen molar-refractivity contribution in [3.8, 4) is 0 Å². The van der Waals surface area contributed by atoms with E-state index in [9.17, 15) is 5.11 Å². The van der Waals surface area contributed by atoms with Crippen molar-refractivity contribution in [1.29, 1.82) is 0 Å². The second-order valence-electron chi connectivity index (χ2n) is 5.58. The molecule has 1 N–H and O–H groups in total. The Balaban J connectivity index is 1.91. The predicted molar refractivity (Wildman–Crippen MR) is 87.6 cm³/mol. The van der Waals surface area contributed by atoms with Gasteiger partial charge in [0.15, 0.2) is 0 Å². The third kappa shape index (κ3) is 3.17. The minimum Gasteiger partial charge on any atom is -0.391 e. The molecule has 21 heavy (non-hydrogen) atoms. The first kappa shape index (κ1) is 15.1. The summed E-state index contributed by atoms with van der Waals surface area (Å²) in [4.78, 5) is 0. The minimum atomic E-state index is -0.0385. The Labute approximate surface area is 138 Å². The lowest BCUT2D eigenvalue weighted by atomic mass is 10.0. The van der Waals surface area contributed by atoms with Crippen molar-refractivity contribution < 1.29 is 5.11 Å². The summed E-state index contributed by atoms with van der Waals surface area (Å²) in [6, 6.07) is 8.11. The minimum absolute atomic E-state index is 0.0385. The van der Waals surface area contributed by atoms with Crippen molar-refractivity contribution in [3.63, 3.8) is 0 Å². The molecular weight excluding hydrogens is 352 g/mol. The van der Waals surface area contributed by atoms with E-state index in [1.807, 2.05) is 16.8 Å². The largest absolute Gasteiger partial charge is 0.391 e. The molecule has 1 aliphatic carbocycles. The second-order valence-corrected chi connectivity index (χ2v) is 6.86. The van der Waals surface area contributed by atoms with Crippen LogP contribution >= 0.6 is 27.5 Å². The van der Waals surface area contributed by atoms with E-state index in [0.29, 0.717) is 17.6 Å². The van der Waals surface area contributed by atoms with E-state index in [0.717, 1.165) is 34.1 Å². The number of aliphatic hydroxyl groups is 1. The molecule has 5 heteroatoms. The molecule has 1 fully saturated rings. The number of nitrogens with zero attached hydrogens (tertiary/aromatic N) is 2. The number of benzene rings is 1. The van der Waals surface area contributed by atoms with Crippen LogP contribution in [0, 0.1) is 0 Å². The van der Waals surface area contributed by atoms with Gasteiger partial charge < -0.3 is 5.11 Å². The normalized spacial score (nSPS) is 15.8. The zero-order valence-corrected chi connectivity index (χ0v) is 14.1. The van der Waals surface area contributed by atoms with Crippen LogP contribution in [0.2, 0.25) is 5.15 Å². The third-order valence-corrected chi connectivity index (χ3v) is 5.05. The number of hydrogen-bond acceptors (Lipinski definition) is 2. The quantitative estimate of drug-likeness (QED) is 0.862. The van der Waals surface area contributed by atoms with Crippen molar-refractivity contribution in [2.24, 2.45) is 0 Å². The molecule has 0 radical (unpaired) electrons. The molecule has 0 spiro atoms. The highest BCUT2D eigenvalue weighted by molar-refractivity contribution is 9.10. The predicted octanol–water partition coefficient (Wildman–Crippen LogP) is 4.50. The third-order valence-electron chi connectivity index (χ3n) is 4.13. The van der Waals surface area contributed by atoms with Crippen LogP contribution < -0.4 is 0 Å². The summed E-state index contributed by atoms with van der Waals surface area (Å²) in [5, 5.41) is 14.9. The van der Waals surface area contributed by atoms with Crippen molar-refractivity contribution in [3.05, 3.63) is 50.7 Å². The fourth-order valence-corrected chi connectivity index (χ4v) is 3.78. The molecule has 0 unspecified atom stereocenters. The van der Waals surface area contributed by atoms with E-state index in [1.54, 1.807) is 0 Å². The van der Waals surface area contributed by atoms with Crippen LogP contribution in [0.5, 0.6) is 0 Å². The Kier molecular flexibility index (Phi) is 4.67. The molecule has 1 aromatic carbocycles. The van der Waals surface area contributed by atoms with Gasteiger partial charge in [-0.1, -0.05) is 52.5 Å². The van der Waals surface area contributed by atoms with Gasteiger partial charge in [-0.15, -0.1) is 0 Å². The summed E-state index contributed by atoms with van der Waals surface area (Å²) >= 11 is 9.91. The Morgan fingerprint density at radius 2 is 2.10 bits per heavy atom. The zero-order chi connectivity index (χ0) is 14.8. The van der Waals surface area contributed by atoms with E-state index in [2.05, 4.69) is 28.1 Å². The Morgan fingerprint density at radius 1 is 1.33 bits per heavy atom. The van der Waals surface area contributed by atoms with Crippen molar-refractivity contribution in [2.45, 2.75) is 44.8 Å². The highest BCUT2D eigenvalue weighted by Crippen LogP contribution is 2.37. The van der Waals surface area contributed by atoms with Gasteiger partial charge in [-0.3, -0.25) is 0 Å². The molecule has 1 heterocycles. The van der Waals surface area contributed by atoms with Gasteiger partial charge in [0, 0.05) is 16.0 Å². The standard InChI is InChI=1S/C16H18BrClN2O/c17-13-7-3-4-11(8-13)9-20-16(18)14(10-21)15(19-20)12-5-1-2-6-12/h3-4,7-8,12,21H,1-2,5-6,9-10H2. The average Bonchev–Trinajstić information content (AvgIpc) is 3.08. The van der Waals surface area contributed by atoms with Gasteiger partial charge in [-0.25, -0.2) is 4.68 Å². The van der Waals surface area contributed by atoms with Crippen LogP contribution in [0.4, 0.5) is 0 Å². The fraction of sp³-hybridized carbons (Fsp3) is 0.438. The van der Waals surface area contributed by atoms with Gasteiger partial charge in [0.1, 0.15) is 5.15 Å². The van der Waals surface area contributed by atoms with Gasteiger partial charge in [-0.2, -0.15) is 5.10 Å². The van der Waals surface area contributed by atoms with Crippen LogP contribution in [0.1, 0.15) is 48.4 Å². The van der Waals surface area contributed by atoms with E-state index in [-0.39, 0.29) is 6.61 Å². The van der Waals surface area contributed by atoms with Crippen LogP contribution in [0.25, 0.3) is 0 Å². The van der Waals surface area contributed by atoms with E-state index < -0.39 is 0 Å². The van der Waals surface area contributed by atoms with Gasteiger partial charge in [0.05, 0.1) is 18.8 Å². The molecule has 0 bridgehead atoms. The van der Waals surface area contributed by atoms with Crippen LogP contribution in [-0.4, -0.2) is 14.9 Å². The highest BCUT2D eigenvalue weighted by atomic mass is 79.9. The first-order valence-corrected chi connectivity index (χ1v) is 8.46. The number of halogens is 2. The summed E-state index contributed by atoms with van der Waals surface area (Å²) in [5.41, 5.74) is 2.93. The molecular formula is C16H18BrClN2O. The molecule has 1 saturated carbocycles. The molecule has 0 aliphatic heterocycles. The van der Waals surface area contributed by atoms with Crippen LogP contribution in [-0.2, 0) is 13.2 Å². The molecule has 0 amide bonds. The molecule has 2 aromatic rings. The van der Waals surface area contributed by atoms with E-state index in [1.165, 1.54) is 12.8 Å². The summed E-state index contributed by atoms with van der Waals surface area (Å²) in [5.74, 6) is 0.452. The summed E-state index contributed by atoms with van der Waals surface area (Å²) in [6.07, 6.45) is 4.78. The van der Waals surface area contributed by atoms with Gasteiger partial charge in [-0.05, 0) is 30.5 Å². The molecule has 3 nitrogen and oxygen atoms in total. The molecule has 1 aliphatic rings. The molecule has 3 rings (SSSR count). The lowest BCUT2D eigenvalue weighted by Gasteiger charge is -2.06. The van der Waals surface area contributed by atoms with E-state index >= 15 is 0 Å². The number of aliphatic hydroxyl groups excluding tert-OH is 1. The van der Waals surface area contributed by atoms with Gasteiger partial charge in [0.25, 0.3) is 0 Å². The fourth-order valence-electron chi connectivity index (χ4n) is 3.08. The zero-order valence-electron chi connectivity index (χ0n) is 11.7. The first-order chi connectivity index (χ1) is 10.2. The SMILES string of the molecule is OCc1c(C2CCCC2)nn(Cc2cccc(Br)c2)c1Cl. The molecule has 112 valence electrons. The maximum atomic E-state index is 9.64. The van der Waals surface area contributed by atoms with Crippen molar-refractivity contribution in [2.75, 3.05) is 0 Å². The van der Waals surface area contributed by atoms with E-state index in [4.69, 9.17) is 16.7 Å². The smallest absolute Gasteiger partial charge is 0.133 e. The number of aromatic nitrogens is 2. The topological polar surface area (TPSA) is 38.1 Å². The van der Waals surface area contributed by atoms with Crippen molar-refractivity contribution in [1.82, 2.24) is 9.78 Å². The molecule has 1 aromatic heterocycles. The first-order valence-electron chi connectivity index (χ1n) is 7.29. The lowest BCUT2D eigenvalue weighted by Crippen LogP contribution is -2.03. The number of hydrogen-bond donors (Lipinski definition) is 1. The molecule has 0 saturated heterocycles. The maximum absolute atomic E-state index is 9.64.